The fourth-order valence-electron chi connectivity index (χ4n) is 8.45. The molecule has 4 heterocycles. The molecule has 0 atom stereocenters. The summed E-state index contributed by atoms with van der Waals surface area (Å²) in [5.41, 5.74) is 9.96. The summed E-state index contributed by atoms with van der Waals surface area (Å²) < 4.78 is 11.9. The van der Waals surface area contributed by atoms with Crippen LogP contribution >= 0.6 is 11.3 Å². The molecule has 0 saturated heterocycles. The van der Waals surface area contributed by atoms with Gasteiger partial charge in [-0.25, -0.2) is 15.0 Å². The maximum absolute atomic E-state index is 6.96. The summed E-state index contributed by atoms with van der Waals surface area (Å²) in [6.07, 6.45) is 0. The summed E-state index contributed by atoms with van der Waals surface area (Å²) in [4.78, 5) is 15.0. The van der Waals surface area contributed by atoms with E-state index in [0.29, 0.717) is 17.5 Å². The Morgan fingerprint density at radius 2 is 0.965 bits per heavy atom. The number of hydrogen-bond acceptors (Lipinski definition) is 5. The molecule has 12 aromatic rings. The van der Waals surface area contributed by atoms with Crippen LogP contribution in [0.5, 0.6) is 0 Å². The predicted molar refractivity (Wildman–Crippen MR) is 236 cm³/mol. The lowest BCUT2D eigenvalue weighted by molar-refractivity contribution is 0.669. The van der Waals surface area contributed by atoms with E-state index in [-0.39, 0.29) is 0 Å². The number of benzene rings is 8. The summed E-state index contributed by atoms with van der Waals surface area (Å²) in [5.74, 6) is 1.83. The first-order valence-corrected chi connectivity index (χ1v) is 19.8. The van der Waals surface area contributed by atoms with E-state index < -0.39 is 0 Å². The highest BCUT2D eigenvalue weighted by molar-refractivity contribution is 7.26. The highest BCUT2D eigenvalue weighted by Crippen LogP contribution is 2.45. The molecule has 5 nitrogen and oxygen atoms in total. The molecule has 0 spiro atoms. The van der Waals surface area contributed by atoms with E-state index in [2.05, 4.69) is 126 Å². The Morgan fingerprint density at radius 3 is 1.65 bits per heavy atom. The van der Waals surface area contributed by atoms with Crippen molar-refractivity contribution in [2.24, 2.45) is 0 Å². The maximum Gasteiger partial charge on any atom is 0.164 e. The largest absolute Gasteiger partial charge is 0.456 e. The fraction of sp³-hybridized carbons (Fsp3) is 0. The molecule has 0 amide bonds. The van der Waals surface area contributed by atoms with Crippen molar-refractivity contribution in [3.63, 3.8) is 0 Å². The van der Waals surface area contributed by atoms with Crippen molar-refractivity contribution in [3.8, 4) is 51.0 Å². The molecule has 6 heteroatoms. The molecular weight excluding hydrogens is 717 g/mol. The van der Waals surface area contributed by atoms with Gasteiger partial charge < -0.3 is 8.98 Å². The first-order chi connectivity index (χ1) is 28.2. The summed E-state index contributed by atoms with van der Waals surface area (Å²) in [7, 11) is 0. The van der Waals surface area contributed by atoms with Crippen LogP contribution in [-0.2, 0) is 0 Å². The van der Waals surface area contributed by atoms with Crippen LogP contribution in [0.3, 0.4) is 0 Å². The fourth-order valence-corrected chi connectivity index (χ4v) is 9.69. The molecule has 57 heavy (non-hydrogen) atoms. The average molecular weight is 747 g/mol. The summed E-state index contributed by atoms with van der Waals surface area (Å²) >= 11 is 1.84. The van der Waals surface area contributed by atoms with Crippen LogP contribution in [0.25, 0.3) is 115 Å². The number of furan rings is 1. The van der Waals surface area contributed by atoms with E-state index in [9.17, 15) is 0 Å². The van der Waals surface area contributed by atoms with Crippen molar-refractivity contribution in [2.45, 2.75) is 0 Å². The smallest absolute Gasteiger partial charge is 0.164 e. The molecule has 0 fully saturated rings. The third kappa shape index (κ3) is 5.04. The number of nitrogens with zero attached hydrogens (tertiary/aromatic N) is 4. The van der Waals surface area contributed by atoms with Gasteiger partial charge in [0, 0.05) is 53.0 Å². The average Bonchev–Trinajstić information content (AvgIpc) is 3.96. The zero-order chi connectivity index (χ0) is 37.5. The van der Waals surface area contributed by atoms with Crippen LogP contribution in [0.15, 0.2) is 186 Å². The van der Waals surface area contributed by atoms with Crippen LogP contribution in [0.2, 0.25) is 0 Å². The highest BCUT2D eigenvalue weighted by Gasteiger charge is 2.22. The quantitative estimate of drug-likeness (QED) is 0.176. The standard InChI is InChI=1S/C51H30N4OS/c1-3-14-31(15-4-1)49-52-50(32-16-5-2-6-17-32)54-51(53-49)33-26-27-40-44(29-33)56-45-30-34(35-21-13-22-39-38-20-9-12-25-46(38)57-48(35)39)28-43(47(40)45)55-41-23-10-7-18-36(41)37-19-8-11-24-42(37)55/h1-30H. The van der Waals surface area contributed by atoms with Gasteiger partial charge in [0.15, 0.2) is 17.5 Å². The van der Waals surface area contributed by atoms with Gasteiger partial charge in [-0.1, -0.05) is 140 Å². The van der Waals surface area contributed by atoms with Gasteiger partial charge in [0.05, 0.1) is 22.1 Å². The minimum absolute atomic E-state index is 0.588. The Hall–Kier alpha value is -7.41. The zero-order valence-electron chi connectivity index (χ0n) is 30.4. The molecule has 266 valence electrons. The Balaban J connectivity index is 1.13. The van der Waals surface area contributed by atoms with Crippen LogP contribution in [0, 0.1) is 0 Å². The van der Waals surface area contributed by atoms with Gasteiger partial charge in [-0.3, -0.25) is 0 Å². The molecule has 0 radical (unpaired) electrons. The molecule has 0 saturated carbocycles. The minimum atomic E-state index is 0.588. The van der Waals surface area contributed by atoms with Crippen LogP contribution in [-0.4, -0.2) is 19.5 Å². The summed E-state index contributed by atoms with van der Waals surface area (Å²) in [6.45, 7) is 0. The monoisotopic (exact) mass is 746 g/mol. The number of para-hydroxylation sites is 2. The lowest BCUT2D eigenvalue weighted by Crippen LogP contribution is -2.00. The van der Waals surface area contributed by atoms with Gasteiger partial charge in [0.2, 0.25) is 0 Å². The second-order valence-corrected chi connectivity index (χ2v) is 15.4. The predicted octanol–water partition coefficient (Wildman–Crippen LogP) is 13.9. The number of rotatable bonds is 5. The van der Waals surface area contributed by atoms with Gasteiger partial charge in [-0.2, -0.15) is 0 Å². The first-order valence-electron chi connectivity index (χ1n) is 19.0. The molecule has 0 aliphatic rings. The molecular formula is C51H30N4OS. The van der Waals surface area contributed by atoms with Crippen molar-refractivity contribution in [1.29, 1.82) is 0 Å². The SMILES string of the molecule is c1ccc(-c2nc(-c3ccccc3)nc(-c3ccc4c(c3)oc3cc(-c5cccc6c5sc5ccccc56)cc(-n5c6ccccc6c6ccccc65)c34)n2)cc1. The number of fused-ring (bicyclic) bond motifs is 9. The topological polar surface area (TPSA) is 56.7 Å². The molecule has 12 rings (SSSR count). The minimum Gasteiger partial charge on any atom is -0.456 e. The molecule has 4 aromatic heterocycles. The van der Waals surface area contributed by atoms with Crippen molar-refractivity contribution in [2.75, 3.05) is 0 Å². The number of aromatic nitrogens is 4. The number of thiophene rings is 1. The zero-order valence-corrected chi connectivity index (χ0v) is 31.2. The second-order valence-electron chi connectivity index (χ2n) is 14.4. The van der Waals surface area contributed by atoms with Gasteiger partial charge >= 0.3 is 0 Å². The molecule has 0 N–H and O–H groups in total. The molecule has 0 aliphatic carbocycles. The van der Waals surface area contributed by atoms with Crippen LogP contribution in [0.1, 0.15) is 0 Å². The van der Waals surface area contributed by atoms with Gasteiger partial charge in [-0.05, 0) is 53.6 Å². The van der Waals surface area contributed by atoms with E-state index in [1.165, 1.54) is 36.5 Å². The van der Waals surface area contributed by atoms with Crippen molar-refractivity contribution in [1.82, 2.24) is 19.5 Å². The lowest BCUT2D eigenvalue weighted by Gasteiger charge is -2.13. The van der Waals surface area contributed by atoms with Crippen molar-refractivity contribution < 1.29 is 4.42 Å². The first kappa shape index (κ1) is 31.9. The van der Waals surface area contributed by atoms with Gasteiger partial charge in [0.25, 0.3) is 0 Å². The Kier molecular flexibility index (Phi) is 7.03. The second kappa shape index (κ2) is 12.6. The Bertz CT molecular complexity index is 3420. The van der Waals surface area contributed by atoms with E-state index in [4.69, 9.17) is 19.4 Å². The molecule has 8 aromatic carbocycles. The van der Waals surface area contributed by atoms with Crippen LogP contribution in [0.4, 0.5) is 0 Å². The lowest BCUT2D eigenvalue weighted by atomic mass is 9.99. The Labute approximate surface area is 330 Å². The summed E-state index contributed by atoms with van der Waals surface area (Å²) in [5, 5.41) is 7.06. The maximum atomic E-state index is 6.96. The third-order valence-electron chi connectivity index (χ3n) is 11.0. The van der Waals surface area contributed by atoms with Gasteiger partial charge in [-0.15, -0.1) is 11.3 Å². The molecule has 0 bridgehead atoms. The van der Waals surface area contributed by atoms with Crippen molar-refractivity contribution in [3.05, 3.63) is 182 Å². The van der Waals surface area contributed by atoms with E-state index in [1.54, 1.807) is 0 Å². The third-order valence-corrected chi connectivity index (χ3v) is 12.3. The van der Waals surface area contributed by atoms with E-state index in [1.807, 2.05) is 72.0 Å². The molecule has 0 unspecified atom stereocenters. The van der Waals surface area contributed by atoms with E-state index in [0.717, 1.165) is 60.9 Å². The van der Waals surface area contributed by atoms with Gasteiger partial charge in [0.1, 0.15) is 11.2 Å². The molecule has 0 aliphatic heterocycles. The van der Waals surface area contributed by atoms with E-state index >= 15 is 0 Å². The summed E-state index contributed by atoms with van der Waals surface area (Å²) in [6, 6.07) is 63.8. The number of hydrogen-bond donors (Lipinski definition) is 0. The van der Waals surface area contributed by atoms with Crippen LogP contribution < -0.4 is 0 Å². The van der Waals surface area contributed by atoms with Crippen molar-refractivity contribution >= 4 is 75.3 Å². The highest BCUT2D eigenvalue weighted by atomic mass is 32.1. The normalized spacial score (nSPS) is 11.9. The Morgan fingerprint density at radius 1 is 0.404 bits per heavy atom.